The van der Waals surface area contributed by atoms with Crippen molar-refractivity contribution in [1.82, 2.24) is 0 Å². The van der Waals surface area contributed by atoms with Crippen LogP contribution in [-0.4, -0.2) is 17.9 Å². The van der Waals surface area contributed by atoms with Crippen molar-refractivity contribution in [2.75, 3.05) is 6.67 Å². The average Bonchev–Trinajstić information content (AvgIpc) is 1.98. The van der Waals surface area contributed by atoms with Crippen molar-refractivity contribution >= 4 is 0 Å². The van der Waals surface area contributed by atoms with E-state index in [4.69, 9.17) is 5.11 Å². The van der Waals surface area contributed by atoms with Crippen LogP contribution in [0.2, 0.25) is 0 Å². The maximum Gasteiger partial charge on any atom is 0.115 e. The Morgan fingerprint density at radius 2 is 2.00 bits per heavy atom. The zero-order chi connectivity index (χ0) is 7.82. The zero-order valence-corrected chi connectivity index (χ0v) is 6.65. The second kappa shape index (κ2) is 7.00. The minimum atomic E-state index is -0.711. The van der Waals surface area contributed by atoms with E-state index >= 15 is 0 Å². The molecule has 0 aliphatic carbocycles. The molecule has 0 aliphatic heterocycles. The molecule has 0 aromatic rings. The summed E-state index contributed by atoms with van der Waals surface area (Å²) in [7, 11) is 0. The van der Waals surface area contributed by atoms with Crippen LogP contribution in [0.25, 0.3) is 0 Å². The van der Waals surface area contributed by atoms with E-state index in [1.54, 1.807) is 0 Å². The number of halogens is 1. The van der Waals surface area contributed by atoms with Crippen LogP contribution in [0.5, 0.6) is 0 Å². The van der Waals surface area contributed by atoms with Crippen LogP contribution in [0.4, 0.5) is 4.39 Å². The lowest BCUT2D eigenvalue weighted by atomic mass is 10.1. The fourth-order valence-corrected chi connectivity index (χ4v) is 0.884. The Morgan fingerprint density at radius 1 is 1.30 bits per heavy atom. The molecule has 0 unspecified atom stereocenters. The summed E-state index contributed by atoms with van der Waals surface area (Å²) in [6.07, 6.45) is 4.37. The van der Waals surface area contributed by atoms with Gasteiger partial charge in [-0.15, -0.1) is 0 Å². The van der Waals surface area contributed by atoms with Gasteiger partial charge in [-0.1, -0.05) is 32.6 Å². The molecule has 1 N–H and O–H groups in total. The minimum absolute atomic E-state index is 0.591. The second-order valence-corrected chi connectivity index (χ2v) is 2.66. The standard InChI is InChI=1S/C8H17FO/c1-2-3-4-5-6-8(10)7-9/h8,10H,2-7H2,1H3/t8-/m0/s1. The van der Waals surface area contributed by atoms with Crippen molar-refractivity contribution in [2.45, 2.75) is 45.1 Å². The number of aliphatic hydroxyl groups excluding tert-OH is 1. The Morgan fingerprint density at radius 3 is 2.50 bits per heavy atom. The van der Waals surface area contributed by atoms with Gasteiger partial charge in [0.1, 0.15) is 6.67 Å². The van der Waals surface area contributed by atoms with Crippen LogP contribution in [0.1, 0.15) is 39.0 Å². The molecule has 0 saturated carbocycles. The molecule has 1 atom stereocenters. The van der Waals surface area contributed by atoms with Gasteiger partial charge in [0.05, 0.1) is 6.10 Å². The quantitative estimate of drug-likeness (QED) is 0.573. The lowest BCUT2D eigenvalue weighted by molar-refractivity contribution is 0.128. The van der Waals surface area contributed by atoms with Crippen LogP contribution < -0.4 is 0 Å². The van der Waals surface area contributed by atoms with Crippen molar-refractivity contribution in [3.05, 3.63) is 0 Å². The molecule has 2 heteroatoms. The Bertz CT molecular complexity index is 66.3. The summed E-state index contributed by atoms with van der Waals surface area (Å²) in [5, 5.41) is 8.78. The summed E-state index contributed by atoms with van der Waals surface area (Å²) >= 11 is 0. The molecule has 0 rings (SSSR count). The molecular weight excluding hydrogens is 131 g/mol. The topological polar surface area (TPSA) is 20.2 Å². The monoisotopic (exact) mass is 148 g/mol. The first-order valence-electron chi connectivity index (χ1n) is 4.05. The molecule has 0 bridgehead atoms. The van der Waals surface area contributed by atoms with Gasteiger partial charge in [0.25, 0.3) is 0 Å². The van der Waals surface area contributed by atoms with Crippen LogP contribution in [0, 0.1) is 0 Å². The van der Waals surface area contributed by atoms with Gasteiger partial charge in [0.2, 0.25) is 0 Å². The molecule has 0 fully saturated rings. The maximum absolute atomic E-state index is 11.6. The summed E-state index contributed by atoms with van der Waals surface area (Å²) in [6, 6.07) is 0. The fraction of sp³-hybridized carbons (Fsp3) is 1.00. The summed E-state index contributed by atoms with van der Waals surface area (Å²) in [6.45, 7) is 1.54. The van der Waals surface area contributed by atoms with E-state index in [2.05, 4.69) is 6.92 Å². The zero-order valence-electron chi connectivity index (χ0n) is 6.65. The number of unbranched alkanes of at least 4 members (excludes halogenated alkanes) is 3. The molecule has 0 heterocycles. The fourth-order valence-electron chi connectivity index (χ4n) is 0.884. The number of alkyl halides is 1. The van der Waals surface area contributed by atoms with E-state index in [1.807, 2.05) is 0 Å². The molecule has 0 radical (unpaired) electrons. The van der Waals surface area contributed by atoms with Gasteiger partial charge in [-0.2, -0.15) is 0 Å². The van der Waals surface area contributed by atoms with Gasteiger partial charge in [-0.05, 0) is 6.42 Å². The highest BCUT2D eigenvalue weighted by Crippen LogP contribution is 2.05. The Labute approximate surface area is 62.3 Å². The van der Waals surface area contributed by atoms with Gasteiger partial charge >= 0.3 is 0 Å². The molecule has 0 aromatic heterocycles. The number of hydrogen-bond acceptors (Lipinski definition) is 1. The first kappa shape index (κ1) is 9.89. The highest BCUT2D eigenvalue weighted by atomic mass is 19.1. The summed E-state index contributed by atoms with van der Waals surface area (Å²) in [4.78, 5) is 0. The molecular formula is C8H17FO. The Hall–Kier alpha value is -0.110. The van der Waals surface area contributed by atoms with Crippen LogP contribution >= 0.6 is 0 Å². The summed E-state index contributed by atoms with van der Waals surface area (Å²) < 4.78 is 11.6. The highest BCUT2D eigenvalue weighted by molar-refractivity contribution is 4.52. The lowest BCUT2D eigenvalue weighted by Crippen LogP contribution is -2.07. The third kappa shape index (κ3) is 6.02. The average molecular weight is 148 g/mol. The third-order valence-electron chi connectivity index (χ3n) is 1.57. The first-order valence-corrected chi connectivity index (χ1v) is 4.05. The molecule has 0 aromatic carbocycles. The van der Waals surface area contributed by atoms with Crippen LogP contribution in [0.15, 0.2) is 0 Å². The van der Waals surface area contributed by atoms with Gasteiger partial charge in [0, 0.05) is 0 Å². The van der Waals surface area contributed by atoms with Gasteiger partial charge in [-0.3, -0.25) is 0 Å². The normalized spacial score (nSPS) is 13.5. The largest absolute Gasteiger partial charge is 0.390 e. The SMILES string of the molecule is CCCCCC[C@H](O)CF. The summed E-state index contributed by atoms with van der Waals surface area (Å²) in [5.74, 6) is 0. The second-order valence-electron chi connectivity index (χ2n) is 2.66. The molecule has 0 saturated heterocycles. The van der Waals surface area contributed by atoms with E-state index in [0.717, 1.165) is 12.8 Å². The predicted molar refractivity (Wildman–Crippen MR) is 40.7 cm³/mol. The maximum atomic E-state index is 11.6. The van der Waals surface area contributed by atoms with Crippen LogP contribution in [0.3, 0.4) is 0 Å². The van der Waals surface area contributed by atoms with E-state index < -0.39 is 12.8 Å². The van der Waals surface area contributed by atoms with E-state index in [-0.39, 0.29) is 0 Å². The molecule has 0 spiro atoms. The summed E-state index contributed by atoms with van der Waals surface area (Å²) in [5.41, 5.74) is 0. The van der Waals surface area contributed by atoms with E-state index in [1.165, 1.54) is 12.8 Å². The van der Waals surface area contributed by atoms with Gasteiger partial charge < -0.3 is 5.11 Å². The van der Waals surface area contributed by atoms with Gasteiger partial charge in [0.15, 0.2) is 0 Å². The molecule has 1 nitrogen and oxygen atoms in total. The van der Waals surface area contributed by atoms with Gasteiger partial charge in [-0.25, -0.2) is 4.39 Å². The van der Waals surface area contributed by atoms with Crippen LogP contribution in [-0.2, 0) is 0 Å². The Balaban J connectivity index is 2.89. The smallest absolute Gasteiger partial charge is 0.115 e. The first-order chi connectivity index (χ1) is 4.81. The molecule has 0 aliphatic rings. The van der Waals surface area contributed by atoms with E-state index in [9.17, 15) is 4.39 Å². The van der Waals surface area contributed by atoms with Crippen molar-refractivity contribution < 1.29 is 9.50 Å². The number of aliphatic hydroxyl groups is 1. The Kier molecular flexibility index (Phi) is 6.93. The number of rotatable bonds is 6. The predicted octanol–water partition coefficient (Wildman–Crippen LogP) is 2.29. The van der Waals surface area contributed by atoms with Crippen molar-refractivity contribution in [2.24, 2.45) is 0 Å². The van der Waals surface area contributed by atoms with E-state index in [0.29, 0.717) is 6.42 Å². The van der Waals surface area contributed by atoms with Crippen molar-refractivity contribution in [3.63, 3.8) is 0 Å². The highest BCUT2D eigenvalue weighted by Gasteiger charge is 2.00. The van der Waals surface area contributed by atoms with Crippen molar-refractivity contribution in [1.29, 1.82) is 0 Å². The molecule has 62 valence electrons. The number of hydrogen-bond donors (Lipinski definition) is 1. The third-order valence-corrected chi connectivity index (χ3v) is 1.57. The molecule has 0 amide bonds. The molecule has 10 heavy (non-hydrogen) atoms. The lowest BCUT2D eigenvalue weighted by Gasteiger charge is -2.03. The van der Waals surface area contributed by atoms with Crippen molar-refractivity contribution in [3.8, 4) is 0 Å². The minimum Gasteiger partial charge on any atom is -0.390 e.